The van der Waals surface area contributed by atoms with E-state index in [-0.39, 0.29) is 141 Å². The predicted octanol–water partition coefficient (Wildman–Crippen LogP) is -5.25. The Balaban J connectivity index is -0.000000198. The van der Waals surface area contributed by atoms with Crippen LogP contribution in [0.15, 0.2) is 36.5 Å². The molecular weight excluding hydrogens is 1600 g/mol. The first-order chi connectivity index (χ1) is 49.5. The van der Waals surface area contributed by atoms with Crippen molar-refractivity contribution in [3.05, 3.63) is 43.9 Å². The Kier molecular flexibility index (Phi) is 84.6. The maximum Gasteiger partial charge on any atom is 0.246 e. The van der Waals surface area contributed by atoms with E-state index in [1.54, 1.807) is 20.8 Å². The molecule has 26 nitrogen and oxygen atoms in total. The molecule has 0 aromatic heterocycles. The monoisotopic (exact) mass is 1760 g/mol. The number of nitrogens with one attached hydrogen (secondary N) is 4. The van der Waals surface area contributed by atoms with Gasteiger partial charge in [-0.15, -0.1) is 12.4 Å². The number of carbonyl (C=O) groups is 5. The van der Waals surface area contributed by atoms with Crippen LogP contribution in [0.2, 0.25) is 0 Å². The van der Waals surface area contributed by atoms with E-state index >= 15 is 0 Å². The van der Waals surface area contributed by atoms with Crippen molar-refractivity contribution in [2.75, 3.05) is 248 Å². The van der Waals surface area contributed by atoms with Gasteiger partial charge in [-0.25, -0.2) is 0 Å². The molecule has 2 fully saturated rings. The third kappa shape index (κ3) is 80.9. The number of carbonyl (C=O) groups excluding carboxylic acids is 5. The number of hydrogen-bond donors (Lipinski definition) is 8. The minimum Gasteiger partial charge on any atom is -1.00 e. The zero-order valence-corrected chi connectivity index (χ0v) is 79.2. The molecule has 2 aliphatic rings. The summed E-state index contributed by atoms with van der Waals surface area (Å²) in [4.78, 5) is 60.6. The van der Waals surface area contributed by atoms with Crippen LogP contribution in [0.25, 0.3) is 0 Å². The molecule has 2 rings (SSSR count). The van der Waals surface area contributed by atoms with Crippen molar-refractivity contribution in [1.82, 2.24) is 26.2 Å². The van der Waals surface area contributed by atoms with Gasteiger partial charge in [0, 0.05) is 138 Å². The molecule has 32 heteroatoms. The average molecular weight is 1770 g/mol. The minimum absolute atomic E-state index is 0. The topological polar surface area (TPSA) is 298 Å². The first-order valence-electron chi connectivity index (χ1n) is 39.5. The number of aliphatic hydroxyl groups is 4. The second-order valence-electron chi connectivity index (χ2n) is 33.4. The second kappa shape index (κ2) is 74.0. The van der Waals surface area contributed by atoms with Crippen LogP contribution >= 0.6 is 12.4 Å². The van der Waals surface area contributed by atoms with Crippen molar-refractivity contribution in [1.29, 1.82) is 0 Å². The summed E-state index contributed by atoms with van der Waals surface area (Å²) in [5.41, 5.74) is 1.02. The molecule has 6 unspecified atom stereocenters. The van der Waals surface area contributed by atoms with Crippen LogP contribution in [0, 0.1) is 18.3 Å². The van der Waals surface area contributed by atoms with E-state index in [0.29, 0.717) is 145 Å². The number of Topliss-reactive ketones (excluding diaryl/α,β-unsaturated/α-hetero) is 1. The van der Waals surface area contributed by atoms with Gasteiger partial charge in [-0.2, -0.15) is 0 Å². The van der Waals surface area contributed by atoms with Gasteiger partial charge in [0.25, 0.3) is 0 Å². The minimum atomic E-state index is -0.551. The summed E-state index contributed by atoms with van der Waals surface area (Å²) in [6.45, 7) is 45.5. The maximum atomic E-state index is 12.2. The van der Waals surface area contributed by atoms with Gasteiger partial charge >= 0.3 is 0 Å². The van der Waals surface area contributed by atoms with E-state index in [1.165, 1.54) is 0 Å². The number of rotatable bonds is 63. The predicted molar refractivity (Wildman–Crippen MR) is 438 cm³/mol. The fraction of sp³-hybridized carbons (Fsp3) is 0.852. The van der Waals surface area contributed by atoms with E-state index in [9.17, 15) is 44.4 Å². The van der Waals surface area contributed by atoms with Crippen LogP contribution in [0.4, 0.5) is 0 Å². The van der Waals surface area contributed by atoms with E-state index < -0.39 is 24.4 Å². The Morgan fingerprint density at radius 3 is 0.912 bits per heavy atom. The van der Waals surface area contributed by atoms with Crippen LogP contribution in [0.1, 0.15) is 159 Å². The van der Waals surface area contributed by atoms with Gasteiger partial charge < -0.3 is 159 Å². The van der Waals surface area contributed by atoms with E-state index in [4.69, 9.17) is 37.9 Å². The fourth-order valence-electron chi connectivity index (χ4n) is 10.6. The second-order valence-corrected chi connectivity index (χ2v) is 33.4. The Morgan fingerprint density at radius 1 is 0.442 bits per heavy atom. The van der Waals surface area contributed by atoms with E-state index in [0.717, 1.165) is 162 Å². The molecule has 0 aromatic carbocycles. The Labute approximate surface area is 729 Å². The summed E-state index contributed by atoms with van der Waals surface area (Å²) in [6.07, 6.45) is 11.7. The van der Waals surface area contributed by atoms with Crippen LogP contribution in [0.5, 0.6) is 0 Å². The number of halogens is 5. The number of ether oxygens (including phenoxy) is 8. The number of hydrogen-bond acceptors (Lipinski definition) is 18. The molecule has 6 atom stereocenters. The smallest absolute Gasteiger partial charge is 0.246 e. The number of amides is 4. The van der Waals surface area contributed by atoms with Crippen LogP contribution < -0.4 is 70.9 Å². The summed E-state index contributed by atoms with van der Waals surface area (Å²) in [5, 5.41) is 53.2. The molecule has 0 aliphatic carbocycles. The van der Waals surface area contributed by atoms with Crippen molar-refractivity contribution < 1.29 is 168 Å². The number of epoxide rings is 2. The average Bonchev–Trinajstić information content (AvgIpc) is 1.88. The Morgan fingerprint density at radius 2 is 0.690 bits per heavy atom. The van der Waals surface area contributed by atoms with Crippen LogP contribution in [0.3, 0.4) is 0 Å². The zero-order chi connectivity index (χ0) is 80.8. The molecule has 2 saturated heterocycles. The van der Waals surface area contributed by atoms with Crippen LogP contribution in [-0.2, 0) is 80.4 Å². The first-order valence-corrected chi connectivity index (χ1v) is 39.5. The molecule has 1 radical (unpaired) electrons. The molecule has 2 aliphatic heterocycles. The summed E-state index contributed by atoms with van der Waals surface area (Å²) in [7, 11) is 20.6. The van der Waals surface area contributed by atoms with Gasteiger partial charge in [0.15, 0.2) is 5.78 Å². The largest absolute Gasteiger partial charge is 1.00 e. The van der Waals surface area contributed by atoms with E-state index in [2.05, 4.69) is 102 Å². The van der Waals surface area contributed by atoms with Gasteiger partial charge in [-0.05, 0) is 111 Å². The van der Waals surface area contributed by atoms with Crippen molar-refractivity contribution in [3.8, 4) is 0 Å². The summed E-state index contributed by atoms with van der Waals surface area (Å²) >= 11 is 0. The number of nitrogens with zero attached hydrogens (tertiary/aromatic N) is 5. The van der Waals surface area contributed by atoms with Gasteiger partial charge in [0.2, 0.25) is 23.6 Å². The number of allylic oxidation sites excluding steroid dienone is 1. The summed E-state index contributed by atoms with van der Waals surface area (Å²) in [6, 6.07) is 0. The first kappa shape index (κ1) is 129. The maximum absolute atomic E-state index is 12.2. The Bertz CT molecular complexity index is 2270. The van der Waals surface area contributed by atoms with Gasteiger partial charge in [0.1, 0.15) is 62.8 Å². The molecule has 2 heterocycles. The third-order valence-electron chi connectivity index (χ3n) is 18.4. The molecule has 0 saturated carbocycles. The van der Waals surface area contributed by atoms with Crippen molar-refractivity contribution in [3.63, 3.8) is 0 Å². The normalized spacial score (nSPS) is 14.7. The number of likely N-dealkylation sites (N-methyl/N-ethyl adjacent to an activating group) is 4. The standard InChI is InChI=1S/C32H66N4O6.C28H54N4O6.C10H19NO.C10H18O4.CH3.5ClH.V/c1-11-31(3,4)29(39)33-17-15-19-35(7,8)23-27(37)25-41-21-13-14-22-42-26-28(38)24-36(9,10)20-16-18-34-30(40)32(5,6)12-2;1-23(2)27(35)29-13-11-15-31(5,6)19-25(33)21-37-17-9-10-18-38-22-26(34)20-32(7,8)16-12-14-30-28(36)24(3)4;1-9(2)10(12)7-5-6-8-11(3)4;1(3-11-5-9-7-13-9)2-4-12-6-10-8-14-10;;;;;;;/h27-28,37-38H,11-26H2,1-10H3;25-26,33-34H,1,3,9-22H2,2,4-8H3;1,5-8H2,2-4H3;9-10H,1-8H2;1H3;5*1H;/q;;;;-1;;;;;;. The molecule has 0 aromatic rings. The third-order valence-corrected chi connectivity index (χ3v) is 18.4. The van der Waals surface area contributed by atoms with Crippen molar-refractivity contribution in [2.24, 2.45) is 10.8 Å². The number of aliphatic hydroxyl groups excluding tert-OH is 4. The molecule has 0 bridgehead atoms. The molecule has 113 heavy (non-hydrogen) atoms. The van der Waals surface area contributed by atoms with Gasteiger partial charge in [-0.1, -0.05) is 61.3 Å². The van der Waals surface area contributed by atoms with Gasteiger partial charge in [0.05, 0.1) is 135 Å². The molecule has 0 spiro atoms. The quantitative estimate of drug-likeness (QED) is 0.00928. The fourth-order valence-corrected chi connectivity index (χ4v) is 10.6. The summed E-state index contributed by atoms with van der Waals surface area (Å²) in [5.74, 6) is 0.144. The zero-order valence-electron chi connectivity index (χ0n) is 74.0. The van der Waals surface area contributed by atoms with Crippen LogP contribution in [-0.4, -0.2) is 357 Å². The van der Waals surface area contributed by atoms with Crippen molar-refractivity contribution in [2.45, 2.75) is 195 Å². The number of ketones is 1. The van der Waals surface area contributed by atoms with Gasteiger partial charge in [-0.3, -0.25) is 24.0 Å². The van der Waals surface area contributed by atoms with Crippen molar-refractivity contribution >= 4 is 41.8 Å². The molecule has 8 N–H and O–H groups in total. The molecule has 4 amide bonds. The summed E-state index contributed by atoms with van der Waals surface area (Å²) < 4.78 is 46.1. The number of unbranched alkanes of at least 4 members (excludes halogenated alkanes) is 4. The van der Waals surface area contributed by atoms with E-state index in [1.807, 2.05) is 55.6 Å². The molecule has 677 valence electrons. The Hall–Kier alpha value is -1.88. The SMILES string of the molecule is C(CCOCC1CO1)COCC1CO1.C=C(C)C(=O)CCCCN(C)C.C=C(C)C(=O)NCCC[N+](C)(C)CC(O)COCCCCOCC(O)C[N+](C)(C)CCCNC(=O)C(=C)C.CCC(C)(C)C(=O)NCCC[N+](C)(C)CC(O)COCCCCOCC(O)C[N+](C)(C)CCCNC(=O)C(C)(C)CC.Cl.[CH3-].[Cl-].[Cl-].[Cl-].[Cl-].[V]. The number of quaternary nitrogens is 4. The molecular formula is C81H165Cl5N9O17V-.